The van der Waals surface area contributed by atoms with E-state index in [4.69, 9.17) is 22.1 Å². The number of hydrogen-bond acceptors (Lipinski definition) is 6. The van der Waals surface area contributed by atoms with Gasteiger partial charge in [0.25, 0.3) is 0 Å². The standard InChI is InChI=1S/C41H56ClN7O5/c1-4-6-13-23-46(24-14-7-5-2)40(52)47-26-27-48(41(53)49(34-18-9-8-10-19-34)35-20-15-17-33(42)28-35)36(30-47)39(51)44-22-25-45(31-38(43)50)29-32-16-11-12-21-37(32)54-3/h8-12,15-21,28,36H,4-7,13-14,22-27,29-31H2,1-3H3,(H2,43,50)(H,44,51)/t36-/m0/s1. The molecule has 3 aromatic rings. The second-order valence-electron chi connectivity index (χ2n) is 13.6. The average molecular weight is 762 g/mol. The van der Waals surface area contributed by atoms with Crippen molar-refractivity contribution in [2.24, 2.45) is 5.73 Å². The van der Waals surface area contributed by atoms with E-state index in [1.807, 2.05) is 64.4 Å². The van der Waals surface area contributed by atoms with E-state index in [9.17, 15) is 19.2 Å². The van der Waals surface area contributed by atoms with Crippen LogP contribution in [0.25, 0.3) is 0 Å². The van der Waals surface area contributed by atoms with Crippen molar-refractivity contribution in [1.29, 1.82) is 0 Å². The molecule has 0 radical (unpaired) electrons. The van der Waals surface area contributed by atoms with Crippen molar-refractivity contribution in [3.05, 3.63) is 89.4 Å². The van der Waals surface area contributed by atoms with E-state index < -0.39 is 23.9 Å². The number of primary amides is 1. The predicted molar refractivity (Wildman–Crippen MR) is 214 cm³/mol. The average Bonchev–Trinajstić information content (AvgIpc) is 3.17. The number of unbranched alkanes of at least 4 members (excludes halogenated alkanes) is 4. The molecule has 12 nitrogen and oxygen atoms in total. The number of halogens is 1. The first-order valence-corrected chi connectivity index (χ1v) is 19.4. The molecular formula is C41H56ClN7O5. The van der Waals surface area contributed by atoms with Crippen LogP contribution in [0.3, 0.4) is 0 Å². The zero-order chi connectivity index (χ0) is 38.9. The molecule has 292 valence electrons. The molecule has 0 aromatic heterocycles. The highest BCUT2D eigenvalue weighted by atomic mass is 35.5. The molecule has 6 amide bonds. The van der Waals surface area contributed by atoms with Crippen LogP contribution in [-0.2, 0) is 16.1 Å². The number of nitrogens with one attached hydrogen (secondary N) is 1. The lowest BCUT2D eigenvalue weighted by molar-refractivity contribution is -0.127. The van der Waals surface area contributed by atoms with Gasteiger partial charge in [-0.15, -0.1) is 0 Å². The van der Waals surface area contributed by atoms with Gasteiger partial charge in [-0.2, -0.15) is 0 Å². The van der Waals surface area contributed by atoms with Gasteiger partial charge in [0.05, 0.1) is 31.6 Å². The summed E-state index contributed by atoms with van der Waals surface area (Å²) < 4.78 is 5.50. The third kappa shape index (κ3) is 12.1. The van der Waals surface area contributed by atoms with Crippen LogP contribution < -0.4 is 20.7 Å². The van der Waals surface area contributed by atoms with Gasteiger partial charge in [0.2, 0.25) is 11.8 Å². The van der Waals surface area contributed by atoms with Gasteiger partial charge in [-0.05, 0) is 49.2 Å². The summed E-state index contributed by atoms with van der Waals surface area (Å²) in [5.74, 6) is -0.225. The molecule has 0 saturated carbocycles. The zero-order valence-electron chi connectivity index (χ0n) is 31.9. The summed E-state index contributed by atoms with van der Waals surface area (Å²) in [5.41, 5.74) is 7.63. The van der Waals surface area contributed by atoms with Gasteiger partial charge in [0.1, 0.15) is 11.8 Å². The maximum absolute atomic E-state index is 14.7. The summed E-state index contributed by atoms with van der Waals surface area (Å²) in [7, 11) is 1.59. The van der Waals surface area contributed by atoms with E-state index in [-0.39, 0.29) is 38.8 Å². The third-order valence-corrected chi connectivity index (χ3v) is 9.73. The highest BCUT2D eigenvalue weighted by molar-refractivity contribution is 6.31. The second kappa shape index (κ2) is 21.8. The highest BCUT2D eigenvalue weighted by Crippen LogP contribution is 2.30. The van der Waals surface area contributed by atoms with Gasteiger partial charge in [-0.25, -0.2) is 9.59 Å². The van der Waals surface area contributed by atoms with Gasteiger partial charge >= 0.3 is 12.1 Å². The summed E-state index contributed by atoms with van der Waals surface area (Å²) in [4.78, 5) is 63.6. The monoisotopic (exact) mass is 761 g/mol. The Bertz CT molecular complexity index is 1650. The quantitative estimate of drug-likeness (QED) is 0.134. The van der Waals surface area contributed by atoms with Gasteiger partial charge in [0, 0.05) is 56.4 Å². The van der Waals surface area contributed by atoms with E-state index in [0.717, 1.165) is 44.1 Å². The lowest BCUT2D eigenvalue weighted by Crippen LogP contribution is -2.64. The first-order chi connectivity index (χ1) is 26.2. The Morgan fingerprint density at radius 2 is 1.50 bits per heavy atom. The number of piperazine rings is 1. The van der Waals surface area contributed by atoms with E-state index in [1.165, 1.54) is 0 Å². The topological polar surface area (TPSA) is 132 Å². The van der Waals surface area contributed by atoms with Gasteiger partial charge in [-0.1, -0.05) is 93.6 Å². The number of ether oxygens (including phenoxy) is 1. The van der Waals surface area contributed by atoms with Crippen molar-refractivity contribution >= 4 is 46.9 Å². The zero-order valence-corrected chi connectivity index (χ0v) is 32.7. The lowest BCUT2D eigenvalue weighted by Gasteiger charge is -2.43. The molecular weight excluding hydrogens is 706 g/mol. The summed E-state index contributed by atoms with van der Waals surface area (Å²) >= 11 is 6.40. The van der Waals surface area contributed by atoms with Crippen molar-refractivity contribution in [3.8, 4) is 5.75 Å². The molecule has 54 heavy (non-hydrogen) atoms. The van der Waals surface area contributed by atoms with Crippen molar-refractivity contribution < 1.29 is 23.9 Å². The van der Waals surface area contributed by atoms with Crippen LogP contribution in [0.4, 0.5) is 21.0 Å². The Balaban J connectivity index is 1.60. The molecule has 1 atom stereocenters. The molecule has 1 aliphatic heterocycles. The van der Waals surface area contributed by atoms with Crippen molar-refractivity contribution in [2.45, 2.75) is 65.0 Å². The van der Waals surface area contributed by atoms with E-state index in [0.29, 0.717) is 48.3 Å². The predicted octanol–water partition coefficient (Wildman–Crippen LogP) is 6.50. The number of hydrogen-bond donors (Lipinski definition) is 2. The van der Waals surface area contributed by atoms with Gasteiger partial charge in [0.15, 0.2) is 0 Å². The van der Waals surface area contributed by atoms with Crippen LogP contribution in [0.5, 0.6) is 5.75 Å². The minimum Gasteiger partial charge on any atom is -0.496 e. The van der Waals surface area contributed by atoms with Crippen molar-refractivity contribution in [1.82, 2.24) is 24.9 Å². The van der Waals surface area contributed by atoms with E-state index >= 15 is 0 Å². The molecule has 0 aliphatic carbocycles. The number of urea groups is 2. The van der Waals surface area contributed by atoms with Crippen molar-refractivity contribution in [3.63, 3.8) is 0 Å². The van der Waals surface area contributed by atoms with E-state index in [2.05, 4.69) is 19.2 Å². The number of rotatable bonds is 19. The van der Waals surface area contributed by atoms with Crippen LogP contribution in [0.1, 0.15) is 57.9 Å². The van der Waals surface area contributed by atoms with Crippen molar-refractivity contribution in [2.75, 3.05) is 64.4 Å². The maximum Gasteiger partial charge on any atom is 0.329 e. The number of anilines is 2. The number of nitrogens with zero attached hydrogens (tertiary/aromatic N) is 5. The number of carbonyl (C=O) groups excluding carboxylic acids is 4. The summed E-state index contributed by atoms with van der Waals surface area (Å²) in [6.07, 6.45) is 5.93. The van der Waals surface area contributed by atoms with Crippen LogP contribution in [0.15, 0.2) is 78.9 Å². The molecule has 0 spiro atoms. The number of nitrogens with two attached hydrogens (primary N) is 1. The number of methoxy groups -OCH3 is 1. The largest absolute Gasteiger partial charge is 0.496 e. The van der Waals surface area contributed by atoms with Crippen LogP contribution in [0.2, 0.25) is 5.02 Å². The Morgan fingerprint density at radius 3 is 2.15 bits per heavy atom. The van der Waals surface area contributed by atoms with Crippen LogP contribution in [0, 0.1) is 0 Å². The number of amides is 6. The SMILES string of the molecule is CCCCCN(CCCCC)C(=O)N1CCN(C(=O)N(c2ccccc2)c2cccc(Cl)c2)[C@H](C(=O)NCCN(CC(N)=O)Cc2ccccc2OC)C1. The molecule has 3 N–H and O–H groups in total. The maximum atomic E-state index is 14.7. The fraction of sp³-hybridized carbons (Fsp3) is 0.463. The number of para-hydroxylation sites is 2. The molecule has 13 heteroatoms. The van der Waals surface area contributed by atoms with Gasteiger partial charge < -0.3 is 30.5 Å². The molecule has 1 aliphatic rings. The van der Waals surface area contributed by atoms with Gasteiger partial charge in [-0.3, -0.25) is 19.4 Å². The fourth-order valence-corrected chi connectivity index (χ4v) is 6.86. The number of carbonyl (C=O) groups is 4. The minimum absolute atomic E-state index is 0.0260. The Kier molecular flexibility index (Phi) is 16.9. The highest BCUT2D eigenvalue weighted by Gasteiger charge is 2.40. The summed E-state index contributed by atoms with van der Waals surface area (Å²) in [6.45, 7) is 6.82. The van der Waals surface area contributed by atoms with Crippen LogP contribution >= 0.6 is 11.6 Å². The second-order valence-corrected chi connectivity index (χ2v) is 14.0. The Morgan fingerprint density at radius 1 is 0.833 bits per heavy atom. The first-order valence-electron chi connectivity index (χ1n) is 19.0. The first kappa shape index (κ1) is 41.9. The molecule has 3 aromatic carbocycles. The Hall–Kier alpha value is -4.81. The lowest BCUT2D eigenvalue weighted by atomic mass is 10.1. The third-order valence-electron chi connectivity index (χ3n) is 9.50. The summed E-state index contributed by atoms with van der Waals surface area (Å²) in [6, 6.07) is 22.2. The molecule has 0 unspecified atom stereocenters. The molecule has 1 saturated heterocycles. The summed E-state index contributed by atoms with van der Waals surface area (Å²) in [5, 5.41) is 3.47. The van der Waals surface area contributed by atoms with E-state index in [1.54, 1.807) is 46.1 Å². The molecule has 1 fully saturated rings. The fourth-order valence-electron chi connectivity index (χ4n) is 6.67. The minimum atomic E-state index is -0.993. The Labute approximate surface area is 325 Å². The molecule has 0 bridgehead atoms. The normalized spacial score (nSPS) is 14.1. The smallest absolute Gasteiger partial charge is 0.329 e. The molecule has 1 heterocycles. The number of benzene rings is 3. The molecule has 4 rings (SSSR count). The van der Waals surface area contributed by atoms with Crippen LogP contribution in [-0.4, -0.2) is 109 Å².